The molecule has 2 fully saturated rings. The predicted octanol–water partition coefficient (Wildman–Crippen LogP) is 2.00. The Balaban J connectivity index is 1.31. The van der Waals surface area contributed by atoms with Crippen LogP contribution in [0.25, 0.3) is 0 Å². The lowest BCUT2D eigenvalue weighted by Crippen LogP contribution is -2.46. The Labute approximate surface area is 158 Å². The van der Waals surface area contributed by atoms with Crippen molar-refractivity contribution in [1.29, 1.82) is 0 Å². The average molecular weight is 376 g/mol. The first-order valence-corrected chi connectivity index (χ1v) is 9.70. The zero-order valence-electron chi connectivity index (χ0n) is 15.3. The fourth-order valence-electron chi connectivity index (χ4n) is 3.89. The summed E-state index contributed by atoms with van der Waals surface area (Å²) in [5.74, 6) is 0.542. The molecule has 1 aromatic carbocycles. The second kappa shape index (κ2) is 7.84. The molecule has 6 nitrogen and oxygen atoms in total. The number of carbonyl (C=O) groups is 2. The smallest absolute Gasteiger partial charge is 0.225 e. The molecular formula is C20H25FN2O4. The fourth-order valence-corrected chi connectivity index (χ4v) is 3.89. The molecule has 27 heavy (non-hydrogen) atoms. The highest BCUT2D eigenvalue weighted by Crippen LogP contribution is 2.32. The van der Waals surface area contributed by atoms with E-state index in [-0.39, 0.29) is 36.3 Å². The molecule has 7 heteroatoms. The van der Waals surface area contributed by atoms with Crippen LogP contribution in [0.2, 0.25) is 0 Å². The Bertz CT molecular complexity index is 735. The molecule has 146 valence electrons. The molecule has 1 aromatic rings. The van der Waals surface area contributed by atoms with Gasteiger partial charge in [0.25, 0.3) is 0 Å². The van der Waals surface area contributed by atoms with Crippen LogP contribution in [0, 0.1) is 17.7 Å². The second-order valence-corrected chi connectivity index (χ2v) is 7.60. The van der Waals surface area contributed by atoms with E-state index in [1.807, 2.05) is 4.90 Å². The summed E-state index contributed by atoms with van der Waals surface area (Å²) >= 11 is 0. The zero-order chi connectivity index (χ0) is 18.8. The van der Waals surface area contributed by atoms with E-state index < -0.39 is 0 Å². The first-order valence-electron chi connectivity index (χ1n) is 9.70. The van der Waals surface area contributed by atoms with E-state index in [2.05, 4.69) is 5.32 Å². The van der Waals surface area contributed by atoms with Gasteiger partial charge in [0.2, 0.25) is 11.8 Å². The Kier molecular flexibility index (Phi) is 5.29. The maximum Gasteiger partial charge on any atom is 0.225 e. The quantitative estimate of drug-likeness (QED) is 0.854. The van der Waals surface area contributed by atoms with Crippen molar-refractivity contribution in [3.05, 3.63) is 29.1 Å². The van der Waals surface area contributed by atoms with E-state index in [0.717, 1.165) is 37.8 Å². The lowest BCUT2D eigenvalue weighted by molar-refractivity contribution is -0.136. The zero-order valence-corrected chi connectivity index (χ0v) is 15.3. The number of piperidine rings is 1. The number of ether oxygens (including phenoxy) is 2. The van der Waals surface area contributed by atoms with E-state index in [0.29, 0.717) is 37.4 Å². The fraction of sp³-hybridized carbons (Fsp3) is 0.600. The van der Waals surface area contributed by atoms with Crippen LogP contribution >= 0.6 is 0 Å². The maximum atomic E-state index is 13.8. The van der Waals surface area contributed by atoms with Crippen molar-refractivity contribution in [3.63, 3.8) is 0 Å². The number of carbonyl (C=O) groups excluding carboxylic acids is 2. The van der Waals surface area contributed by atoms with E-state index in [4.69, 9.17) is 9.47 Å². The minimum Gasteiger partial charge on any atom is -0.467 e. The van der Waals surface area contributed by atoms with Gasteiger partial charge in [0.1, 0.15) is 11.6 Å². The topological polar surface area (TPSA) is 67.9 Å². The molecule has 1 N–H and O–H groups in total. The molecule has 0 spiro atoms. The Hall–Kier alpha value is -2.15. The lowest BCUT2D eigenvalue weighted by atomic mass is 9.96. The van der Waals surface area contributed by atoms with E-state index in [9.17, 15) is 14.0 Å². The molecule has 0 unspecified atom stereocenters. The summed E-state index contributed by atoms with van der Waals surface area (Å²) in [5.41, 5.74) is 1.44. The van der Waals surface area contributed by atoms with E-state index in [1.54, 1.807) is 0 Å². The van der Waals surface area contributed by atoms with Gasteiger partial charge in [-0.3, -0.25) is 9.59 Å². The van der Waals surface area contributed by atoms with Crippen LogP contribution in [0.4, 0.5) is 4.39 Å². The van der Waals surface area contributed by atoms with Crippen LogP contribution in [-0.4, -0.2) is 43.1 Å². The van der Waals surface area contributed by atoms with Gasteiger partial charge >= 0.3 is 0 Å². The minimum atomic E-state index is -0.328. The first-order chi connectivity index (χ1) is 13.1. The molecule has 0 radical (unpaired) electrons. The first kappa shape index (κ1) is 18.2. The van der Waals surface area contributed by atoms with Crippen LogP contribution in [0.5, 0.6) is 5.75 Å². The highest BCUT2D eigenvalue weighted by Gasteiger charge is 2.36. The lowest BCUT2D eigenvalue weighted by Gasteiger charge is -2.32. The van der Waals surface area contributed by atoms with Crippen molar-refractivity contribution < 1.29 is 23.5 Å². The molecule has 3 aliphatic rings. The van der Waals surface area contributed by atoms with Gasteiger partial charge in [0.15, 0.2) is 6.79 Å². The minimum absolute atomic E-state index is 0.0298. The number of rotatable bonds is 5. The van der Waals surface area contributed by atoms with Gasteiger partial charge in [-0.2, -0.15) is 0 Å². The predicted molar refractivity (Wildman–Crippen MR) is 95.4 cm³/mol. The van der Waals surface area contributed by atoms with E-state index in [1.165, 1.54) is 12.1 Å². The molecule has 2 amide bonds. The molecule has 1 aliphatic carbocycles. The van der Waals surface area contributed by atoms with Crippen molar-refractivity contribution in [2.24, 2.45) is 11.8 Å². The third-order valence-corrected chi connectivity index (χ3v) is 5.48. The third-order valence-electron chi connectivity index (χ3n) is 5.48. The van der Waals surface area contributed by atoms with Crippen molar-refractivity contribution in [1.82, 2.24) is 10.2 Å². The van der Waals surface area contributed by atoms with Crippen LogP contribution in [-0.2, 0) is 27.4 Å². The summed E-state index contributed by atoms with van der Waals surface area (Å²) in [4.78, 5) is 26.6. The monoisotopic (exact) mass is 376 g/mol. The van der Waals surface area contributed by atoms with Crippen molar-refractivity contribution >= 4 is 11.8 Å². The van der Waals surface area contributed by atoms with Gasteiger partial charge in [-0.25, -0.2) is 4.39 Å². The normalized spacial score (nSPS) is 22.0. The molecule has 2 heterocycles. The molecular weight excluding hydrogens is 351 g/mol. The van der Waals surface area contributed by atoms with Crippen molar-refractivity contribution in [3.8, 4) is 5.75 Å². The summed E-state index contributed by atoms with van der Waals surface area (Å²) < 4.78 is 24.5. The maximum absolute atomic E-state index is 13.8. The van der Waals surface area contributed by atoms with Gasteiger partial charge < -0.3 is 19.7 Å². The van der Waals surface area contributed by atoms with Crippen molar-refractivity contribution in [2.45, 2.75) is 38.7 Å². The number of nitrogens with zero attached hydrogens (tertiary/aromatic N) is 1. The van der Waals surface area contributed by atoms with Gasteiger partial charge in [-0.15, -0.1) is 0 Å². The van der Waals surface area contributed by atoms with Crippen molar-refractivity contribution in [2.75, 3.05) is 26.4 Å². The van der Waals surface area contributed by atoms with Gasteiger partial charge in [-0.1, -0.05) is 0 Å². The largest absolute Gasteiger partial charge is 0.467 e. The molecule has 1 atom stereocenters. The second-order valence-electron chi connectivity index (χ2n) is 7.60. The van der Waals surface area contributed by atoms with Crippen LogP contribution in [0.1, 0.15) is 36.8 Å². The number of halogens is 1. The number of likely N-dealkylation sites (tertiary alicyclic amines) is 1. The summed E-state index contributed by atoms with van der Waals surface area (Å²) in [6.45, 7) is 2.17. The molecule has 0 aromatic heterocycles. The number of hydrogen-bond acceptors (Lipinski definition) is 4. The SMILES string of the molecule is O=C(NCCc1cc(F)cc2c1OCOC2)[C@@H]1CCCN(C(=O)C2CC2)C1. The number of nitrogens with one attached hydrogen (secondary N) is 1. The van der Waals surface area contributed by atoms with Gasteiger partial charge in [0, 0.05) is 31.1 Å². The Morgan fingerprint density at radius 3 is 2.89 bits per heavy atom. The molecule has 4 rings (SSSR count). The molecule has 1 saturated carbocycles. The highest BCUT2D eigenvalue weighted by atomic mass is 19.1. The summed E-state index contributed by atoms with van der Waals surface area (Å²) in [5, 5.41) is 2.95. The number of fused-ring (bicyclic) bond motifs is 1. The van der Waals surface area contributed by atoms with Crippen LogP contribution in [0.15, 0.2) is 12.1 Å². The number of hydrogen-bond donors (Lipinski definition) is 1. The third kappa shape index (κ3) is 4.24. The molecule has 2 aliphatic heterocycles. The standard InChI is InChI=1S/C20H25FN2O4/c21-17-8-14(18-16(9-17)11-26-12-27-18)5-6-22-19(24)15-2-1-7-23(10-15)20(25)13-3-4-13/h8-9,13,15H,1-7,10-12H2,(H,22,24)/t15-/m1/s1. The summed E-state index contributed by atoms with van der Waals surface area (Å²) in [6, 6.07) is 2.87. The Morgan fingerprint density at radius 1 is 1.22 bits per heavy atom. The average Bonchev–Trinajstić information content (AvgIpc) is 3.52. The highest BCUT2D eigenvalue weighted by molar-refractivity contribution is 5.83. The summed E-state index contributed by atoms with van der Waals surface area (Å²) in [7, 11) is 0. The van der Waals surface area contributed by atoms with Gasteiger partial charge in [-0.05, 0) is 49.8 Å². The number of benzene rings is 1. The van der Waals surface area contributed by atoms with E-state index >= 15 is 0 Å². The molecule has 0 bridgehead atoms. The summed E-state index contributed by atoms with van der Waals surface area (Å²) in [6.07, 6.45) is 4.12. The van der Waals surface area contributed by atoms with Crippen LogP contribution < -0.4 is 10.1 Å². The number of amides is 2. The molecule has 1 saturated heterocycles. The van der Waals surface area contributed by atoms with Crippen LogP contribution in [0.3, 0.4) is 0 Å². The van der Waals surface area contributed by atoms with Gasteiger partial charge in [0.05, 0.1) is 12.5 Å². The Morgan fingerprint density at radius 2 is 2.07 bits per heavy atom.